The lowest BCUT2D eigenvalue weighted by Crippen LogP contribution is -2.32. The number of imidazole rings is 1. The second-order valence-electron chi connectivity index (χ2n) is 7.68. The monoisotopic (exact) mass is 339 g/mol. The van der Waals surface area contributed by atoms with Crippen LogP contribution in [0.3, 0.4) is 0 Å². The first-order chi connectivity index (χ1) is 12.2. The molecule has 1 aromatic heterocycles. The minimum absolute atomic E-state index is 0.293. The van der Waals surface area contributed by atoms with Gasteiger partial charge in [-0.05, 0) is 51.0 Å². The minimum atomic E-state index is -0.293. The molecule has 1 aliphatic heterocycles. The average Bonchev–Trinajstić information content (AvgIpc) is 3.18. The van der Waals surface area contributed by atoms with Crippen LogP contribution in [0, 0.1) is 6.92 Å². The number of fused-ring (bicyclic) bond motifs is 1. The fourth-order valence-corrected chi connectivity index (χ4v) is 4.62. The van der Waals surface area contributed by atoms with Gasteiger partial charge in [0.2, 0.25) is 0 Å². The summed E-state index contributed by atoms with van der Waals surface area (Å²) in [6.45, 7) is 5.03. The number of hydrogen-bond acceptors (Lipinski definition) is 3. The van der Waals surface area contributed by atoms with Crippen molar-refractivity contribution in [3.05, 3.63) is 53.1 Å². The fourth-order valence-electron chi connectivity index (χ4n) is 4.62. The number of aromatic nitrogens is 2. The van der Waals surface area contributed by atoms with Crippen LogP contribution in [0.5, 0.6) is 0 Å². The molecule has 0 radical (unpaired) electrons. The van der Waals surface area contributed by atoms with Crippen molar-refractivity contribution in [1.82, 2.24) is 14.5 Å². The maximum Gasteiger partial charge on any atom is 0.106 e. The zero-order valence-electron chi connectivity index (χ0n) is 15.2. The van der Waals surface area contributed by atoms with Crippen LogP contribution in [0.25, 0.3) is 0 Å². The lowest BCUT2D eigenvalue weighted by Gasteiger charge is -2.22. The predicted molar refractivity (Wildman–Crippen MR) is 99.9 cm³/mol. The van der Waals surface area contributed by atoms with Gasteiger partial charge in [0.05, 0.1) is 11.8 Å². The van der Waals surface area contributed by atoms with Gasteiger partial charge in [0.1, 0.15) is 5.82 Å². The number of nitrogens with zero attached hydrogens (tertiary/aromatic N) is 3. The molecule has 25 heavy (non-hydrogen) atoms. The van der Waals surface area contributed by atoms with Crippen molar-refractivity contribution in [3.8, 4) is 0 Å². The highest BCUT2D eigenvalue weighted by atomic mass is 16.3. The molecule has 0 unspecified atom stereocenters. The lowest BCUT2D eigenvalue weighted by atomic mass is 10.0. The molecule has 134 valence electrons. The van der Waals surface area contributed by atoms with E-state index in [9.17, 15) is 5.11 Å². The molecule has 0 saturated carbocycles. The maximum atomic E-state index is 10.5. The van der Waals surface area contributed by atoms with E-state index in [1.165, 1.54) is 48.5 Å². The van der Waals surface area contributed by atoms with E-state index in [4.69, 9.17) is 4.98 Å². The number of likely N-dealkylation sites (tertiary alicyclic amines) is 1. The van der Waals surface area contributed by atoms with Crippen LogP contribution < -0.4 is 0 Å². The Bertz CT molecular complexity index is 709. The van der Waals surface area contributed by atoms with E-state index in [0.29, 0.717) is 6.04 Å². The van der Waals surface area contributed by atoms with E-state index < -0.39 is 0 Å². The molecule has 2 aliphatic rings. The Balaban J connectivity index is 1.38. The van der Waals surface area contributed by atoms with Gasteiger partial charge in [0, 0.05) is 31.4 Å². The summed E-state index contributed by atoms with van der Waals surface area (Å²) >= 11 is 0. The summed E-state index contributed by atoms with van der Waals surface area (Å²) in [4.78, 5) is 7.26. The lowest BCUT2D eigenvalue weighted by molar-refractivity contribution is 0.123. The number of β-amino-alcohol motifs (C(OH)–C–C–N with tert-alkyl or cyclic N) is 1. The summed E-state index contributed by atoms with van der Waals surface area (Å²) in [7, 11) is 0. The molecule has 1 saturated heterocycles. The van der Waals surface area contributed by atoms with Gasteiger partial charge in [-0.15, -0.1) is 0 Å². The quantitative estimate of drug-likeness (QED) is 0.911. The molecule has 4 nitrogen and oxygen atoms in total. The van der Waals surface area contributed by atoms with Gasteiger partial charge in [0.25, 0.3) is 0 Å². The van der Waals surface area contributed by atoms with E-state index in [-0.39, 0.29) is 6.10 Å². The molecular formula is C21H29N3O. The van der Waals surface area contributed by atoms with Gasteiger partial charge >= 0.3 is 0 Å². The third kappa shape index (κ3) is 3.65. The topological polar surface area (TPSA) is 41.3 Å². The zero-order valence-corrected chi connectivity index (χ0v) is 15.2. The highest BCUT2D eigenvalue weighted by molar-refractivity contribution is 5.21. The van der Waals surface area contributed by atoms with Crippen LogP contribution >= 0.6 is 0 Å². The van der Waals surface area contributed by atoms with E-state index >= 15 is 0 Å². The van der Waals surface area contributed by atoms with E-state index in [0.717, 1.165) is 32.5 Å². The van der Waals surface area contributed by atoms with Crippen molar-refractivity contribution in [2.45, 2.75) is 57.6 Å². The van der Waals surface area contributed by atoms with Crippen LogP contribution in [-0.2, 0) is 19.3 Å². The second kappa shape index (κ2) is 7.30. The summed E-state index contributed by atoms with van der Waals surface area (Å²) in [6.07, 6.45) is 6.53. The van der Waals surface area contributed by atoms with Gasteiger partial charge in [-0.2, -0.15) is 0 Å². The van der Waals surface area contributed by atoms with Crippen LogP contribution in [0.2, 0.25) is 0 Å². The molecule has 4 heteroatoms. The molecule has 1 N–H and O–H groups in total. The van der Waals surface area contributed by atoms with Crippen molar-refractivity contribution in [3.63, 3.8) is 0 Å². The molecule has 0 spiro atoms. The normalized spacial score (nSPS) is 22.1. The van der Waals surface area contributed by atoms with Gasteiger partial charge in [-0.3, -0.25) is 4.90 Å². The Morgan fingerprint density at radius 2 is 2.00 bits per heavy atom. The maximum absolute atomic E-state index is 10.5. The van der Waals surface area contributed by atoms with Crippen LogP contribution in [-0.4, -0.2) is 45.3 Å². The Kier molecular flexibility index (Phi) is 4.91. The van der Waals surface area contributed by atoms with Gasteiger partial charge in [-0.1, -0.05) is 30.3 Å². The van der Waals surface area contributed by atoms with Crippen molar-refractivity contribution in [2.24, 2.45) is 0 Å². The minimum Gasteiger partial charge on any atom is -0.391 e. The Hall–Kier alpha value is -1.65. The van der Waals surface area contributed by atoms with E-state index in [1.807, 2.05) is 18.2 Å². The van der Waals surface area contributed by atoms with E-state index in [1.54, 1.807) is 0 Å². The molecule has 1 aliphatic carbocycles. The molecule has 4 rings (SSSR count). The van der Waals surface area contributed by atoms with Crippen molar-refractivity contribution < 1.29 is 5.11 Å². The predicted octanol–water partition coefficient (Wildman–Crippen LogP) is 2.92. The summed E-state index contributed by atoms with van der Waals surface area (Å²) in [6, 6.07) is 10.8. The first-order valence-electron chi connectivity index (χ1n) is 9.71. The summed E-state index contributed by atoms with van der Waals surface area (Å²) in [5, 5.41) is 10.5. The number of aliphatic hydroxyl groups excluding tert-OH is 1. The van der Waals surface area contributed by atoms with Crippen LogP contribution in [0.15, 0.2) is 30.3 Å². The second-order valence-corrected chi connectivity index (χ2v) is 7.68. The van der Waals surface area contributed by atoms with Crippen molar-refractivity contribution in [2.75, 3.05) is 19.6 Å². The standard InChI is InChI=1S/C21H29N3O/c1-16-22-20-9-5-6-10-21(20)24(16)18-11-12-23(14-18)15-19(25)13-17-7-3-2-4-8-17/h2-4,7-8,18-19,25H,5-6,9-15H2,1H3/t18-,19+/m1/s1. The molecule has 1 fully saturated rings. The van der Waals surface area contributed by atoms with Gasteiger partial charge in [-0.25, -0.2) is 4.98 Å². The van der Waals surface area contributed by atoms with Crippen molar-refractivity contribution in [1.29, 1.82) is 0 Å². The highest BCUT2D eigenvalue weighted by Crippen LogP contribution is 2.30. The molecule has 0 bridgehead atoms. The van der Waals surface area contributed by atoms with Crippen LogP contribution in [0.1, 0.15) is 48.1 Å². The number of benzene rings is 1. The highest BCUT2D eigenvalue weighted by Gasteiger charge is 2.29. The number of aryl methyl sites for hydroxylation is 2. The SMILES string of the molecule is Cc1nc2c(n1[C@@H]1CCN(C[C@@H](O)Cc3ccccc3)C1)CCCC2. The third-order valence-corrected chi connectivity index (χ3v) is 5.74. The first kappa shape index (κ1) is 16.8. The zero-order chi connectivity index (χ0) is 17.2. The molecule has 1 aromatic carbocycles. The first-order valence-corrected chi connectivity index (χ1v) is 9.71. The fraction of sp³-hybridized carbons (Fsp3) is 0.571. The third-order valence-electron chi connectivity index (χ3n) is 5.74. The largest absolute Gasteiger partial charge is 0.391 e. The Morgan fingerprint density at radius 1 is 1.20 bits per heavy atom. The van der Waals surface area contributed by atoms with Crippen LogP contribution in [0.4, 0.5) is 0 Å². The molecule has 0 amide bonds. The molecule has 2 aromatic rings. The molecule has 2 atom stereocenters. The van der Waals surface area contributed by atoms with Gasteiger partial charge < -0.3 is 9.67 Å². The summed E-state index contributed by atoms with van der Waals surface area (Å²) in [5.74, 6) is 1.18. The average molecular weight is 339 g/mol. The number of aliphatic hydroxyl groups is 1. The number of rotatable bonds is 5. The number of hydrogen-bond donors (Lipinski definition) is 1. The Labute approximate surface area is 150 Å². The smallest absolute Gasteiger partial charge is 0.106 e. The Morgan fingerprint density at radius 3 is 2.84 bits per heavy atom. The van der Waals surface area contributed by atoms with Crippen molar-refractivity contribution >= 4 is 0 Å². The van der Waals surface area contributed by atoms with Gasteiger partial charge in [0.15, 0.2) is 0 Å². The van der Waals surface area contributed by atoms with E-state index in [2.05, 4.69) is 28.5 Å². The summed E-state index contributed by atoms with van der Waals surface area (Å²) < 4.78 is 2.51. The molecular weight excluding hydrogens is 310 g/mol. The molecule has 2 heterocycles. The summed E-state index contributed by atoms with van der Waals surface area (Å²) in [5.41, 5.74) is 4.04.